The van der Waals surface area contributed by atoms with Crippen molar-refractivity contribution in [3.63, 3.8) is 0 Å². The van der Waals surface area contributed by atoms with E-state index in [0.29, 0.717) is 27.7 Å². The molecule has 4 aromatic rings. The van der Waals surface area contributed by atoms with Gasteiger partial charge in [0.1, 0.15) is 11.2 Å². The number of halogens is 1. The van der Waals surface area contributed by atoms with Crippen molar-refractivity contribution in [2.75, 3.05) is 5.32 Å². The fraction of sp³-hybridized carbons (Fsp3) is 0.0952. The lowest BCUT2D eigenvalue weighted by Crippen LogP contribution is -2.34. The van der Waals surface area contributed by atoms with Gasteiger partial charge < -0.3 is 15.1 Å². The monoisotopic (exact) mass is 392 g/mol. The Bertz CT molecular complexity index is 1070. The number of rotatable bonds is 5. The van der Waals surface area contributed by atoms with Crippen LogP contribution in [0.25, 0.3) is 11.1 Å². The van der Waals surface area contributed by atoms with Crippen LogP contribution >= 0.6 is 11.6 Å². The first-order valence-electron chi connectivity index (χ1n) is 8.69. The fourth-order valence-corrected chi connectivity index (χ4v) is 2.82. The van der Waals surface area contributed by atoms with Crippen LogP contribution < -0.4 is 10.6 Å². The molecule has 28 heavy (non-hydrogen) atoms. The molecule has 2 N–H and O–H groups in total. The van der Waals surface area contributed by atoms with Gasteiger partial charge in [-0.25, -0.2) is 4.98 Å². The number of aromatic nitrogens is 2. The van der Waals surface area contributed by atoms with Gasteiger partial charge in [0.2, 0.25) is 5.89 Å². The zero-order valence-electron chi connectivity index (χ0n) is 15.0. The zero-order chi connectivity index (χ0) is 19.5. The van der Waals surface area contributed by atoms with Crippen LogP contribution in [0.5, 0.6) is 0 Å². The van der Waals surface area contributed by atoms with Crippen molar-refractivity contribution in [1.82, 2.24) is 15.3 Å². The van der Waals surface area contributed by atoms with Crippen molar-refractivity contribution < 1.29 is 9.21 Å². The minimum absolute atomic E-state index is 0.310. The van der Waals surface area contributed by atoms with Gasteiger partial charge in [0.15, 0.2) is 11.7 Å². The van der Waals surface area contributed by atoms with Crippen molar-refractivity contribution in [2.24, 2.45) is 0 Å². The van der Waals surface area contributed by atoms with E-state index in [9.17, 15) is 4.79 Å². The molecule has 1 unspecified atom stereocenters. The van der Waals surface area contributed by atoms with E-state index in [1.165, 1.54) is 0 Å². The van der Waals surface area contributed by atoms with Crippen LogP contribution in [-0.2, 0) is 0 Å². The van der Waals surface area contributed by atoms with Crippen molar-refractivity contribution in [1.29, 1.82) is 0 Å². The van der Waals surface area contributed by atoms with Crippen molar-refractivity contribution in [2.45, 2.75) is 13.1 Å². The van der Waals surface area contributed by atoms with Gasteiger partial charge in [0, 0.05) is 16.9 Å². The molecule has 140 valence electrons. The van der Waals surface area contributed by atoms with E-state index in [4.69, 9.17) is 16.0 Å². The number of anilines is 1. The van der Waals surface area contributed by atoms with E-state index in [2.05, 4.69) is 20.6 Å². The molecular formula is C21H17ClN4O2. The second kappa shape index (κ2) is 7.70. The molecule has 0 fully saturated rings. The number of hydrogen-bond donors (Lipinski definition) is 2. The van der Waals surface area contributed by atoms with Gasteiger partial charge in [0.05, 0.1) is 0 Å². The van der Waals surface area contributed by atoms with Crippen molar-refractivity contribution in [3.8, 4) is 0 Å². The highest BCUT2D eigenvalue weighted by molar-refractivity contribution is 6.30. The summed E-state index contributed by atoms with van der Waals surface area (Å²) in [6, 6.07) is 18.1. The summed E-state index contributed by atoms with van der Waals surface area (Å²) >= 11 is 5.96. The molecule has 1 amide bonds. The average molecular weight is 393 g/mol. The minimum atomic E-state index is -0.691. The van der Waals surface area contributed by atoms with Gasteiger partial charge in [-0.3, -0.25) is 9.78 Å². The van der Waals surface area contributed by atoms with E-state index < -0.39 is 6.17 Å². The maximum Gasteiger partial charge on any atom is 0.271 e. The van der Waals surface area contributed by atoms with Crippen LogP contribution in [-0.4, -0.2) is 15.9 Å². The second-order valence-electron chi connectivity index (χ2n) is 6.30. The Kier molecular flexibility index (Phi) is 4.95. The quantitative estimate of drug-likeness (QED) is 0.480. The number of fused-ring (bicyclic) bond motifs is 1. The number of carbonyl (C=O) groups is 1. The van der Waals surface area contributed by atoms with E-state index in [1.807, 2.05) is 49.4 Å². The number of pyridine rings is 1. The highest BCUT2D eigenvalue weighted by Gasteiger charge is 2.22. The van der Waals surface area contributed by atoms with E-state index >= 15 is 0 Å². The van der Waals surface area contributed by atoms with Gasteiger partial charge in [-0.15, -0.1) is 0 Å². The van der Waals surface area contributed by atoms with Gasteiger partial charge >= 0.3 is 0 Å². The molecule has 6 nitrogen and oxygen atoms in total. The van der Waals surface area contributed by atoms with E-state index in [-0.39, 0.29) is 5.91 Å². The van der Waals surface area contributed by atoms with Crippen LogP contribution in [0.2, 0.25) is 5.02 Å². The van der Waals surface area contributed by atoms with E-state index in [1.54, 1.807) is 24.4 Å². The molecule has 0 aliphatic rings. The molecule has 0 spiro atoms. The molecule has 0 aliphatic heterocycles. The van der Waals surface area contributed by atoms with Crippen LogP contribution in [0.1, 0.15) is 28.1 Å². The molecule has 4 rings (SSSR count). The number of hydrogen-bond acceptors (Lipinski definition) is 5. The van der Waals surface area contributed by atoms with Gasteiger partial charge in [-0.2, -0.15) is 0 Å². The van der Waals surface area contributed by atoms with Crippen LogP contribution in [0.15, 0.2) is 71.3 Å². The maximum atomic E-state index is 12.7. The molecule has 0 saturated carbocycles. The lowest BCUT2D eigenvalue weighted by atomic mass is 10.2. The molecule has 0 aliphatic carbocycles. The van der Waals surface area contributed by atoms with Crippen molar-refractivity contribution in [3.05, 3.63) is 89.0 Å². The third-order valence-corrected chi connectivity index (χ3v) is 4.38. The summed E-state index contributed by atoms with van der Waals surface area (Å²) in [5.41, 5.74) is 3.40. The number of amides is 1. The molecule has 0 saturated heterocycles. The number of aryl methyl sites for hydroxylation is 1. The molecule has 0 radical (unpaired) electrons. The third-order valence-electron chi connectivity index (χ3n) is 4.13. The minimum Gasteiger partial charge on any atom is -0.436 e. The summed E-state index contributed by atoms with van der Waals surface area (Å²) in [4.78, 5) is 21.4. The lowest BCUT2D eigenvalue weighted by Gasteiger charge is -2.18. The standard InChI is InChI=1S/C21H17ClN4O2/c1-13-6-11-17(23-12-13)20(27)26-19(24-15-9-7-14(22)8-10-15)21-25-16-4-2-3-5-18(16)28-21/h2-12,19,24H,1H3,(H,26,27). The largest absolute Gasteiger partial charge is 0.436 e. The third kappa shape index (κ3) is 3.97. The molecular weight excluding hydrogens is 376 g/mol. The lowest BCUT2D eigenvalue weighted by molar-refractivity contribution is 0.0931. The molecule has 2 aromatic heterocycles. The predicted octanol–water partition coefficient (Wildman–Crippen LogP) is 4.73. The topological polar surface area (TPSA) is 80.0 Å². The molecule has 7 heteroatoms. The Morgan fingerprint density at radius 2 is 1.86 bits per heavy atom. The SMILES string of the molecule is Cc1ccc(C(=O)NC(Nc2ccc(Cl)cc2)c2nc3ccccc3o2)nc1. The number of nitrogens with one attached hydrogen (secondary N) is 2. The first-order chi connectivity index (χ1) is 13.6. The summed E-state index contributed by atoms with van der Waals surface area (Å²) in [5.74, 6) is 0.00494. The molecule has 1 atom stereocenters. The number of benzene rings is 2. The van der Waals surface area contributed by atoms with Gasteiger partial charge in [-0.05, 0) is 55.0 Å². The molecule has 2 heterocycles. The van der Waals surface area contributed by atoms with Gasteiger partial charge in [0.25, 0.3) is 5.91 Å². The average Bonchev–Trinajstić information content (AvgIpc) is 3.14. The Morgan fingerprint density at radius 3 is 2.57 bits per heavy atom. The summed E-state index contributed by atoms with van der Waals surface area (Å²) in [7, 11) is 0. The predicted molar refractivity (Wildman–Crippen MR) is 108 cm³/mol. The number of carbonyl (C=O) groups excluding carboxylic acids is 1. The number of para-hydroxylation sites is 2. The Balaban J connectivity index is 1.64. The first-order valence-corrected chi connectivity index (χ1v) is 9.07. The Labute approximate surface area is 166 Å². The highest BCUT2D eigenvalue weighted by Crippen LogP contribution is 2.23. The van der Waals surface area contributed by atoms with Crippen LogP contribution in [0.3, 0.4) is 0 Å². The molecule has 2 aromatic carbocycles. The summed E-state index contributed by atoms with van der Waals surface area (Å²) < 4.78 is 5.85. The molecule has 0 bridgehead atoms. The smallest absolute Gasteiger partial charge is 0.271 e. The first kappa shape index (κ1) is 18.0. The Morgan fingerprint density at radius 1 is 1.07 bits per heavy atom. The summed E-state index contributed by atoms with van der Waals surface area (Å²) in [6.45, 7) is 1.91. The summed E-state index contributed by atoms with van der Waals surface area (Å²) in [6.07, 6.45) is 0.958. The van der Waals surface area contributed by atoms with Crippen LogP contribution in [0, 0.1) is 6.92 Å². The fourth-order valence-electron chi connectivity index (χ4n) is 2.69. The van der Waals surface area contributed by atoms with E-state index in [0.717, 1.165) is 11.3 Å². The number of nitrogens with zero attached hydrogens (tertiary/aromatic N) is 2. The number of oxazole rings is 1. The highest BCUT2D eigenvalue weighted by atomic mass is 35.5. The Hall–Kier alpha value is -3.38. The van der Waals surface area contributed by atoms with Crippen LogP contribution in [0.4, 0.5) is 5.69 Å². The second-order valence-corrected chi connectivity index (χ2v) is 6.73. The van der Waals surface area contributed by atoms with Gasteiger partial charge in [-0.1, -0.05) is 29.8 Å². The zero-order valence-corrected chi connectivity index (χ0v) is 15.8. The van der Waals surface area contributed by atoms with Crippen molar-refractivity contribution >= 4 is 34.3 Å². The summed E-state index contributed by atoms with van der Waals surface area (Å²) in [5, 5.41) is 6.73. The normalized spacial score (nSPS) is 11.9. The maximum absolute atomic E-state index is 12.7.